The van der Waals surface area contributed by atoms with Gasteiger partial charge in [0, 0.05) is 30.1 Å². The molecule has 166 valence electrons. The summed E-state index contributed by atoms with van der Waals surface area (Å²) in [6.45, 7) is 1.79. The standard InChI is InChI=1S/C23H29N3O4S/c1-2-18(19(27)14-17(23(25)30)10-11-21(24)28)26-22(29)12-7-15-5-8-16(9-6-15)20-4-3-13-31-20/h3-6,8-9,13,17-18H,2,7,10-12,14H2,1H3,(H2,24,28)(H2,25,30)(H,26,29)/t17-,18+/m1/s1. The fourth-order valence-corrected chi connectivity index (χ4v) is 3.99. The Balaban J connectivity index is 1.85. The number of carbonyl (C=O) groups is 4. The van der Waals surface area contributed by atoms with Crippen LogP contribution in [0.25, 0.3) is 10.4 Å². The summed E-state index contributed by atoms with van der Waals surface area (Å²) < 4.78 is 0. The van der Waals surface area contributed by atoms with Crippen LogP contribution in [-0.4, -0.2) is 29.5 Å². The lowest BCUT2D eigenvalue weighted by molar-refractivity contribution is -0.131. The Hall–Kier alpha value is -3.00. The average Bonchev–Trinajstić information content (AvgIpc) is 3.28. The van der Waals surface area contributed by atoms with Gasteiger partial charge in [-0.15, -0.1) is 11.3 Å². The van der Waals surface area contributed by atoms with Crippen molar-refractivity contribution in [2.75, 3.05) is 0 Å². The number of primary amides is 2. The molecule has 0 saturated heterocycles. The lowest BCUT2D eigenvalue weighted by Crippen LogP contribution is -2.42. The van der Waals surface area contributed by atoms with Gasteiger partial charge in [-0.2, -0.15) is 0 Å². The van der Waals surface area contributed by atoms with Crippen molar-refractivity contribution in [1.29, 1.82) is 0 Å². The van der Waals surface area contributed by atoms with Crippen LogP contribution in [0.2, 0.25) is 0 Å². The second kappa shape index (κ2) is 12.0. The smallest absolute Gasteiger partial charge is 0.220 e. The van der Waals surface area contributed by atoms with Crippen molar-refractivity contribution >= 4 is 34.8 Å². The minimum Gasteiger partial charge on any atom is -0.370 e. The summed E-state index contributed by atoms with van der Waals surface area (Å²) in [6, 6.07) is 11.5. The van der Waals surface area contributed by atoms with E-state index in [4.69, 9.17) is 11.5 Å². The predicted octanol–water partition coefficient (Wildman–Crippen LogP) is 2.57. The second-order valence-electron chi connectivity index (χ2n) is 7.48. The third kappa shape index (κ3) is 7.97. The fourth-order valence-electron chi connectivity index (χ4n) is 3.26. The van der Waals surface area contributed by atoms with E-state index in [0.717, 1.165) is 11.1 Å². The first kappa shape index (κ1) is 24.3. The van der Waals surface area contributed by atoms with Crippen molar-refractivity contribution in [3.05, 3.63) is 47.3 Å². The van der Waals surface area contributed by atoms with Gasteiger partial charge < -0.3 is 16.8 Å². The maximum Gasteiger partial charge on any atom is 0.220 e. The van der Waals surface area contributed by atoms with E-state index in [2.05, 4.69) is 11.4 Å². The lowest BCUT2D eigenvalue weighted by atomic mass is 9.92. The highest BCUT2D eigenvalue weighted by Crippen LogP contribution is 2.24. The number of ketones is 1. The molecule has 0 saturated carbocycles. The van der Waals surface area contributed by atoms with Crippen LogP contribution in [-0.2, 0) is 25.6 Å². The van der Waals surface area contributed by atoms with Gasteiger partial charge in [0.05, 0.1) is 6.04 Å². The van der Waals surface area contributed by atoms with Crippen molar-refractivity contribution in [1.82, 2.24) is 5.32 Å². The van der Waals surface area contributed by atoms with Gasteiger partial charge in [-0.1, -0.05) is 37.3 Å². The summed E-state index contributed by atoms with van der Waals surface area (Å²) in [5, 5.41) is 4.78. The van der Waals surface area contributed by atoms with E-state index in [1.54, 1.807) is 18.3 Å². The van der Waals surface area contributed by atoms with Gasteiger partial charge in [-0.3, -0.25) is 19.2 Å². The number of aryl methyl sites for hydroxylation is 1. The topological polar surface area (TPSA) is 132 Å². The van der Waals surface area contributed by atoms with Crippen LogP contribution >= 0.6 is 11.3 Å². The number of nitrogens with two attached hydrogens (primary N) is 2. The van der Waals surface area contributed by atoms with Crippen LogP contribution in [0.15, 0.2) is 41.8 Å². The second-order valence-corrected chi connectivity index (χ2v) is 8.42. The van der Waals surface area contributed by atoms with Gasteiger partial charge >= 0.3 is 0 Å². The van der Waals surface area contributed by atoms with Crippen LogP contribution in [0.5, 0.6) is 0 Å². The molecule has 0 bridgehead atoms. The Labute approximate surface area is 186 Å². The molecular formula is C23H29N3O4S. The number of benzene rings is 1. The number of thiophene rings is 1. The molecule has 0 fully saturated rings. The van der Waals surface area contributed by atoms with E-state index in [0.29, 0.717) is 12.8 Å². The Morgan fingerprint density at radius 2 is 1.74 bits per heavy atom. The van der Waals surface area contributed by atoms with Crippen LogP contribution in [0.4, 0.5) is 0 Å². The van der Waals surface area contributed by atoms with E-state index >= 15 is 0 Å². The molecule has 3 amide bonds. The number of amides is 3. The number of hydrogen-bond donors (Lipinski definition) is 3. The van der Waals surface area contributed by atoms with Crippen molar-refractivity contribution in [3.8, 4) is 10.4 Å². The number of Topliss-reactive ketones (excluding diaryl/α,β-unsaturated/α-hetero) is 1. The zero-order valence-electron chi connectivity index (χ0n) is 17.6. The lowest BCUT2D eigenvalue weighted by Gasteiger charge is -2.19. The normalized spacial score (nSPS) is 12.7. The summed E-state index contributed by atoms with van der Waals surface area (Å²) in [5.41, 5.74) is 12.6. The zero-order chi connectivity index (χ0) is 22.8. The fraction of sp³-hybridized carbons (Fsp3) is 0.391. The molecule has 2 aromatic rings. The highest BCUT2D eigenvalue weighted by atomic mass is 32.1. The molecule has 0 unspecified atom stereocenters. The molecule has 0 aliphatic rings. The Morgan fingerprint density at radius 3 is 2.29 bits per heavy atom. The third-order valence-corrected chi connectivity index (χ3v) is 6.04. The van der Waals surface area contributed by atoms with Crippen molar-refractivity contribution < 1.29 is 19.2 Å². The van der Waals surface area contributed by atoms with Crippen LogP contribution in [0, 0.1) is 5.92 Å². The highest BCUT2D eigenvalue weighted by Gasteiger charge is 2.25. The summed E-state index contributed by atoms with van der Waals surface area (Å²) in [4.78, 5) is 48.6. The molecular weight excluding hydrogens is 414 g/mol. The average molecular weight is 444 g/mol. The first-order chi connectivity index (χ1) is 14.8. The van der Waals surface area contributed by atoms with Crippen molar-refractivity contribution in [2.24, 2.45) is 17.4 Å². The number of rotatable bonds is 13. The van der Waals surface area contributed by atoms with Gasteiger partial charge in [0.2, 0.25) is 17.7 Å². The minimum atomic E-state index is -0.771. The van der Waals surface area contributed by atoms with Crippen molar-refractivity contribution in [3.63, 3.8) is 0 Å². The SMILES string of the molecule is CC[C@H](NC(=O)CCc1ccc(-c2cccs2)cc1)C(=O)C[C@@H](CCC(N)=O)C(N)=O. The molecule has 2 rings (SSSR count). The van der Waals surface area contributed by atoms with E-state index in [1.165, 1.54) is 4.88 Å². The van der Waals surface area contributed by atoms with Crippen LogP contribution in [0.3, 0.4) is 0 Å². The maximum absolute atomic E-state index is 12.6. The van der Waals surface area contributed by atoms with Crippen molar-refractivity contribution in [2.45, 2.75) is 51.5 Å². The first-order valence-electron chi connectivity index (χ1n) is 10.3. The van der Waals surface area contributed by atoms with E-state index in [1.807, 2.05) is 35.7 Å². The van der Waals surface area contributed by atoms with Gasteiger partial charge in [-0.05, 0) is 41.8 Å². The van der Waals surface area contributed by atoms with E-state index in [-0.39, 0.29) is 37.4 Å². The molecule has 7 nitrogen and oxygen atoms in total. The first-order valence-corrected chi connectivity index (χ1v) is 11.2. The summed E-state index contributed by atoms with van der Waals surface area (Å²) >= 11 is 1.67. The highest BCUT2D eigenvalue weighted by molar-refractivity contribution is 7.13. The number of nitrogens with one attached hydrogen (secondary N) is 1. The summed E-state index contributed by atoms with van der Waals surface area (Å²) in [5.74, 6) is -2.48. The third-order valence-electron chi connectivity index (χ3n) is 5.12. The summed E-state index contributed by atoms with van der Waals surface area (Å²) in [6.07, 6.45) is 1.21. The molecule has 31 heavy (non-hydrogen) atoms. The molecule has 8 heteroatoms. The van der Waals surface area contributed by atoms with Gasteiger partial charge in [0.15, 0.2) is 5.78 Å². The van der Waals surface area contributed by atoms with Gasteiger partial charge in [-0.25, -0.2) is 0 Å². The monoisotopic (exact) mass is 443 g/mol. The molecule has 1 aromatic heterocycles. The maximum atomic E-state index is 12.6. The largest absolute Gasteiger partial charge is 0.370 e. The van der Waals surface area contributed by atoms with E-state index < -0.39 is 23.8 Å². The quantitative estimate of drug-likeness (QED) is 0.439. The Kier molecular flexibility index (Phi) is 9.40. The minimum absolute atomic E-state index is 0.0185. The van der Waals surface area contributed by atoms with E-state index in [9.17, 15) is 19.2 Å². The van der Waals surface area contributed by atoms with Gasteiger partial charge in [0.1, 0.15) is 0 Å². The zero-order valence-corrected chi connectivity index (χ0v) is 18.5. The molecule has 1 aromatic carbocycles. The molecule has 1 heterocycles. The van der Waals surface area contributed by atoms with Crippen LogP contribution < -0.4 is 16.8 Å². The number of carbonyl (C=O) groups excluding carboxylic acids is 4. The molecule has 0 radical (unpaired) electrons. The predicted molar refractivity (Wildman–Crippen MR) is 121 cm³/mol. The summed E-state index contributed by atoms with van der Waals surface area (Å²) in [7, 11) is 0. The van der Waals surface area contributed by atoms with Crippen LogP contribution in [0.1, 0.15) is 44.6 Å². The number of hydrogen-bond acceptors (Lipinski definition) is 5. The molecule has 0 aliphatic heterocycles. The molecule has 2 atom stereocenters. The Morgan fingerprint density at radius 1 is 1.03 bits per heavy atom. The molecule has 5 N–H and O–H groups in total. The molecule has 0 spiro atoms. The molecule has 0 aliphatic carbocycles. The van der Waals surface area contributed by atoms with Gasteiger partial charge in [0.25, 0.3) is 0 Å². The Bertz CT molecular complexity index is 894.